The number of likely N-dealkylation sites (tertiary alicyclic amines) is 1. The van der Waals surface area contributed by atoms with Crippen LogP contribution in [0.1, 0.15) is 42.5 Å². The highest BCUT2D eigenvalue weighted by atomic mass is 35.5. The summed E-state index contributed by atoms with van der Waals surface area (Å²) in [4.78, 5) is 34.1. The highest BCUT2D eigenvalue weighted by Gasteiger charge is 2.43. The first-order valence-electron chi connectivity index (χ1n) is 14.0. The summed E-state index contributed by atoms with van der Waals surface area (Å²) in [6.45, 7) is 4.25. The molecule has 6 rings (SSSR count). The summed E-state index contributed by atoms with van der Waals surface area (Å²) in [5.41, 5.74) is 2.33. The summed E-state index contributed by atoms with van der Waals surface area (Å²) in [5, 5.41) is -0.0840. The number of aliphatic imine (C=N–C) groups is 2. The minimum absolute atomic E-state index is 0.0324. The molecule has 39 heavy (non-hydrogen) atoms. The average molecular weight is 553 g/mol. The van der Waals surface area contributed by atoms with E-state index in [1.807, 2.05) is 0 Å². The van der Waals surface area contributed by atoms with E-state index in [1.54, 1.807) is 29.4 Å². The van der Waals surface area contributed by atoms with Crippen molar-refractivity contribution in [3.05, 3.63) is 53.4 Å². The molecule has 1 amide bonds. The van der Waals surface area contributed by atoms with E-state index in [-0.39, 0.29) is 17.7 Å². The number of piperidine rings is 1. The maximum Gasteiger partial charge on any atom is 0.227 e. The smallest absolute Gasteiger partial charge is 0.227 e. The predicted molar refractivity (Wildman–Crippen MR) is 148 cm³/mol. The molecule has 0 radical (unpaired) electrons. The highest BCUT2D eigenvalue weighted by molar-refractivity contribution is 6.29. The van der Waals surface area contributed by atoms with Gasteiger partial charge in [0.25, 0.3) is 0 Å². The molecule has 0 N–H and O–H groups in total. The van der Waals surface area contributed by atoms with Crippen LogP contribution >= 0.6 is 11.6 Å². The van der Waals surface area contributed by atoms with E-state index < -0.39 is 5.82 Å². The number of carbonyl (C=O) groups excluding carboxylic acids is 1. The monoisotopic (exact) mass is 552 g/mol. The van der Waals surface area contributed by atoms with Gasteiger partial charge in [0.1, 0.15) is 17.9 Å². The number of carbonyl (C=O) groups is 1. The van der Waals surface area contributed by atoms with E-state index in [9.17, 15) is 9.18 Å². The zero-order valence-corrected chi connectivity index (χ0v) is 22.8. The SMILES string of the molecule is O=C(Cc1ccc(OCC[C@@H]2C[C@@H]2C2CCN(C3=NCC(Cl)C=N3)CC2)cc1F)N1CCc2ncncc2C1. The molecule has 206 valence electrons. The van der Waals surface area contributed by atoms with Crippen molar-refractivity contribution < 1.29 is 13.9 Å². The van der Waals surface area contributed by atoms with Crippen molar-refractivity contribution in [2.75, 3.05) is 32.8 Å². The number of rotatable bonds is 7. The van der Waals surface area contributed by atoms with Crippen LogP contribution < -0.4 is 4.74 Å². The summed E-state index contributed by atoms with van der Waals surface area (Å²) in [5.74, 6) is 3.06. The van der Waals surface area contributed by atoms with Crippen molar-refractivity contribution in [3.8, 4) is 5.75 Å². The number of halogens is 2. The Bertz CT molecular complexity index is 1260. The van der Waals surface area contributed by atoms with Crippen LogP contribution in [0.15, 0.2) is 40.7 Å². The van der Waals surface area contributed by atoms with Gasteiger partial charge in [-0.1, -0.05) is 6.07 Å². The van der Waals surface area contributed by atoms with Crippen LogP contribution in [0.3, 0.4) is 0 Å². The van der Waals surface area contributed by atoms with Crippen LogP contribution in [0, 0.1) is 23.6 Å². The predicted octanol–water partition coefficient (Wildman–Crippen LogP) is 3.91. The Morgan fingerprint density at radius 2 is 2.08 bits per heavy atom. The third-order valence-corrected chi connectivity index (χ3v) is 8.75. The third-order valence-electron chi connectivity index (χ3n) is 8.50. The molecule has 1 aromatic heterocycles. The van der Waals surface area contributed by atoms with E-state index in [0.717, 1.165) is 48.6 Å². The molecule has 10 heteroatoms. The lowest BCUT2D eigenvalue weighted by Crippen LogP contribution is -2.39. The summed E-state index contributed by atoms with van der Waals surface area (Å²) < 4.78 is 20.7. The van der Waals surface area contributed by atoms with E-state index in [4.69, 9.17) is 16.3 Å². The molecular formula is C29H34ClFN6O2. The molecule has 0 spiro atoms. The Hall–Kier alpha value is -3.07. The largest absolute Gasteiger partial charge is 0.493 e. The molecule has 0 bridgehead atoms. The molecular weight excluding hydrogens is 519 g/mol. The van der Waals surface area contributed by atoms with Crippen LogP contribution in [-0.2, 0) is 24.2 Å². The lowest BCUT2D eigenvalue weighted by Gasteiger charge is -2.33. The summed E-state index contributed by atoms with van der Waals surface area (Å²) in [6, 6.07) is 4.85. The second kappa shape index (κ2) is 11.6. The summed E-state index contributed by atoms with van der Waals surface area (Å²) in [7, 11) is 0. The molecule has 1 unspecified atom stereocenters. The molecule has 4 heterocycles. The highest BCUT2D eigenvalue weighted by Crippen LogP contribution is 2.49. The minimum atomic E-state index is -0.397. The van der Waals surface area contributed by atoms with E-state index in [1.165, 1.54) is 31.7 Å². The van der Waals surface area contributed by atoms with Gasteiger partial charge in [-0.25, -0.2) is 24.3 Å². The Kier molecular flexibility index (Phi) is 7.77. The molecule has 2 fully saturated rings. The number of aromatic nitrogens is 2. The Balaban J connectivity index is 0.918. The van der Waals surface area contributed by atoms with Crippen molar-refractivity contribution in [1.29, 1.82) is 0 Å². The Morgan fingerprint density at radius 3 is 2.87 bits per heavy atom. The van der Waals surface area contributed by atoms with Gasteiger partial charge in [0.2, 0.25) is 11.9 Å². The lowest BCUT2D eigenvalue weighted by atomic mass is 9.90. The number of ether oxygens (including phenoxy) is 1. The van der Waals surface area contributed by atoms with Crippen molar-refractivity contribution in [1.82, 2.24) is 19.8 Å². The van der Waals surface area contributed by atoms with Gasteiger partial charge >= 0.3 is 0 Å². The normalized spacial score (nSPS) is 24.8. The third kappa shape index (κ3) is 6.24. The molecule has 3 atom stereocenters. The van der Waals surface area contributed by atoms with Crippen LogP contribution in [-0.4, -0.2) is 76.0 Å². The molecule has 1 saturated carbocycles. The van der Waals surface area contributed by atoms with Gasteiger partial charge in [0.05, 0.1) is 30.6 Å². The molecule has 1 aromatic carbocycles. The van der Waals surface area contributed by atoms with E-state index in [2.05, 4.69) is 24.9 Å². The molecule has 2 aromatic rings. The number of benzene rings is 1. The van der Waals surface area contributed by atoms with Crippen molar-refractivity contribution in [2.45, 2.75) is 50.4 Å². The number of hydrogen-bond acceptors (Lipinski definition) is 7. The first-order chi connectivity index (χ1) is 19.0. The maximum atomic E-state index is 14.8. The lowest BCUT2D eigenvalue weighted by molar-refractivity contribution is -0.131. The number of fused-ring (bicyclic) bond motifs is 1. The van der Waals surface area contributed by atoms with Crippen LogP contribution in [0.25, 0.3) is 0 Å². The van der Waals surface area contributed by atoms with E-state index in [0.29, 0.717) is 49.9 Å². The number of guanidine groups is 1. The number of nitrogens with zero attached hydrogens (tertiary/aromatic N) is 6. The fraction of sp³-hybridized carbons (Fsp3) is 0.552. The molecule has 3 aliphatic heterocycles. The quantitative estimate of drug-likeness (QED) is 0.486. The van der Waals surface area contributed by atoms with Gasteiger partial charge in [0, 0.05) is 56.6 Å². The molecule has 1 saturated heterocycles. The zero-order valence-electron chi connectivity index (χ0n) is 22.0. The first kappa shape index (κ1) is 26.2. The average Bonchev–Trinajstić information content (AvgIpc) is 3.74. The van der Waals surface area contributed by atoms with Crippen LogP contribution in [0.4, 0.5) is 4.39 Å². The maximum absolute atomic E-state index is 14.8. The molecule has 1 aliphatic carbocycles. The Labute approximate surface area is 233 Å². The standard InChI is InChI=1S/C29H34ClFN6O2/c30-23-15-33-29(34-16-23)36-7-3-19(4-8-36)25-11-20(25)6-10-39-24-2-1-21(26(31)13-24)12-28(38)37-9-5-27-22(17-37)14-32-18-35-27/h1-2,13-15,18-20,23,25H,3-12,16-17H2/t20-,23?,25-/m1/s1. The summed E-state index contributed by atoms with van der Waals surface area (Å²) in [6.07, 6.45) is 10.4. The topological polar surface area (TPSA) is 83.3 Å². The van der Waals surface area contributed by atoms with Crippen LogP contribution in [0.5, 0.6) is 5.75 Å². The summed E-state index contributed by atoms with van der Waals surface area (Å²) >= 11 is 6.04. The van der Waals surface area contributed by atoms with Gasteiger partial charge in [-0.05, 0) is 55.1 Å². The van der Waals surface area contributed by atoms with E-state index >= 15 is 0 Å². The van der Waals surface area contributed by atoms with Crippen molar-refractivity contribution >= 4 is 29.7 Å². The zero-order chi connectivity index (χ0) is 26.8. The number of alkyl halides is 1. The number of hydrogen-bond donors (Lipinski definition) is 0. The minimum Gasteiger partial charge on any atom is -0.493 e. The Morgan fingerprint density at radius 1 is 1.21 bits per heavy atom. The van der Waals surface area contributed by atoms with Crippen LogP contribution in [0.2, 0.25) is 0 Å². The fourth-order valence-electron chi connectivity index (χ4n) is 6.14. The van der Waals surface area contributed by atoms with Gasteiger partial charge in [-0.2, -0.15) is 0 Å². The molecule has 8 nitrogen and oxygen atoms in total. The second-order valence-corrected chi connectivity index (χ2v) is 11.6. The van der Waals surface area contributed by atoms with Crippen molar-refractivity contribution in [2.24, 2.45) is 27.7 Å². The second-order valence-electron chi connectivity index (χ2n) is 11.0. The van der Waals surface area contributed by atoms with Crippen molar-refractivity contribution in [3.63, 3.8) is 0 Å². The van der Waals surface area contributed by atoms with Gasteiger partial charge in [-0.3, -0.25) is 4.79 Å². The first-order valence-corrected chi connectivity index (χ1v) is 14.4. The molecule has 4 aliphatic rings. The van der Waals surface area contributed by atoms with Gasteiger partial charge in [-0.15, -0.1) is 11.6 Å². The fourth-order valence-corrected chi connectivity index (χ4v) is 6.26. The van der Waals surface area contributed by atoms with Gasteiger partial charge in [0.15, 0.2) is 0 Å². The number of amides is 1. The van der Waals surface area contributed by atoms with Gasteiger partial charge < -0.3 is 14.5 Å².